The Morgan fingerprint density at radius 1 is 0.605 bits per heavy atom. The largest absolute Gasteiger partial charge is 0.480 e. The molecule has 0 aromatic heterocycles. The highest BCUT2D eigenvalue weighted by Crippen LogP contribution is 2.16. The molecule has 1 unspecified atom stereocenters. The number of hydrogen-bond donors (Lipinski definition) is 2. The summed E-state index contributed by atoms with van der Waals surface area (Å²) < 4.78 is 5.91. The zero-order valence-corrected chi connectivity index (χ0v) is 28.3. The molecule has 0 aliphatic rings. The summed E-state index contributed by atoms with van der Waals surface area (Å²) in [6.07, 6.45) is 36.3. The number of hydrogen-bond acceptors (Lipinski definition) is 4. The van der Waals surface area contributed by atoms with Gasteiger partial charge in [-0.05, 0) is 44.6 Å². The maximum Gasteiger partial charge on any atom is 0.322 e. The first-order valence-electron chi connectivity index (χ1n) is 18.3. The van der Waals surface area contributed by atoms with E-state index in [4.69, 9.17) is 9.84 Å². The number of carbonyl (C=O) groups is 3. The lowest BCUT2D eigenvalue weighted by Gasteiger charge is -2.15. The number of aliphatic carboxylic acids is 1. The molecule has 0 bridgehead atoms. The van der Waals surface area contributed by atoms with E-state index >= 15 is 0 Å². The van der Waals surface area contributed by atoms with Crippen molar-refractivity contribution >= 4 is 17.8 Å². The van der Waals surface area contributed by atoms with Crippen LogP contribution in [0.3, 0.4) is 0 Å². The van der Waals surface area contributed by atoms with E-state index in [-0.39, 0.29) is 24.5 Å². The van der Waals surface area contributed by atoms with Crippen LogP contribution in [-0.4, -0.2) is 35.6 Å². The first-order valence-corrected chi connectivity index (χ1v) is 18.3. The molecular weight excluding hydrogens is 538 g/mol. The van der Waals surface area contributed by atoms with Gasteiger partial charge >= 0.3 is 11.9 Å². The molecule has 2 N–H and O–H groups in total. The summed E-state index contributed by atoms with van der Waals surface area (Å²) in [5.74, 6) is -1.26. The van der Waals surface area contributed by atoms with E-state index in [1.165, 1.54) is 103 Å². The van der Waals surface area contributed by atoms with Gasteiger partial charge < -0.3 is 15.2 Å². The van der Waals surface area contributed by atoms with Crippen LogP contribution < -0.4 is 5.32 Å². The molecule has 252 valence electrons. The summed E-state index contributed by atoms with van der Waals surface area (Å²) in [6.45, 7) is 4.20. The average Bonchev–Trinajstić information content (AvgIpc) is 2.99. The molecule has 0 aliphatic carbocycles. The number of amides is 1. The minimum Gasteiger partial charge on any atom is -0.480 e. The number of carboxylic acids is 1. The molecule has 1 atom stereocenters. The highest BCUT2D eigenvalue weighted by atomic mass is 16.5. The Bertz CT molecular complexity index is 678. The highest BCUT2D eigenvalue weighted by Gasteiger charge is 2.11. The van der Waals surface area contributed by atoms with Crippen molar-refractivity contribution in [2.45, 2.75) is 200 Å². The molecule has 0 aliphatic heterocycles. The van der Waals surface area contributed by atoms with Crippen LogP contribution in [0.15, 0.2) is 12.2 Å². The van der Waals surface area contributed by atoms with E-state index < -0.39 is 5.97 Å². The van der Waals surface area contributed by atoms with Crippen LogP contribution >= 0.6 is 0 Å². The highest BCUT2D eigenvalue weighted by molar-refractivity contribution is 5.80. The van der Waals surface area contributed by atoms with Crippen molar-refractivity contribution in [2.75, 3.05) is 6.54 Å². The minimum absolute atomic E-state index is 0.0533. The quantitative estimate of drug-likeness (QED) is 0.0440. The van der Waals surface area contributed by atoms with E-state index in [2.05, 4.69) is 31.3 Å². The number of carbonyl (C=O) groups excluding carboxylic acids is 2. The predicted molar refractivity (Wildman–Crippen MR) is 180 cm³/mol. The van der Waals surface area contributed by atoms with Crippen molar-refractivity contribution in [1.82, 2.24) is 5.32 Å². The van der Waals surface area contributed by atoms with E-state index in [9.17, 15) is 14.4 Å². The molecule has 1 amide bonds. The fourth-order valence-electron chi connectivity index (χ4n) is 5.42. The molecule has 0 rings (SSSR count). The van der Waals surface area contributed by atoms with Crippen molar-refractivity contribution in [1.29, 1.82) is 0 Å². The Balaban J connectivity index is 4.15. The molecular formula is C37H69NO5. The molecule has 43 heavy (non-hydrogen) atoms. The second-order valence-corrected chi connectivity index (χ2v) is 12.5. The predicted octanol–water partition coefficient (Wildman–Crippen LogP) is 10.6. The van der Waals surface area contributed by atoms with Crippen molar-refractivity contribution < 1.29 is 24.2 Å². The van der Waals surface area contributed by atoms with Crippen LogP contribution in [0.25, 0.3) is 0 Å². The molecule has 0 fully saturated rings. The monoisotopic (exact) mass is 608 g/mol. The number of rotatable bonds is 33. The van der Waals surface area contributed by atoms with Gasteiger partial charge in [0, 0.05) is 12.8 Å². The van der Waals surface area contributed by atoms with Crippen LogP contribution in [-0.2, 0) is 19.1 Å². The summed E-state index contributed by atoms with van der Waals surface area (Å²) in [5.41, 5.74) is 0. The Labute approximate surface area is 265 Å². The Hall–Kier alpha value is -1.85. The van der Waals surface area contributed by atoms with Gasteiger partial charge in [0.15, 0.2) is 0 Å². The van der Waals surface area contributed by atoms with Gasteiger partial charge in [-0.1, -0.05) is 148 Å². The number of unbranched alkanes of at least 4 members (excludes halogenated alkanes) is 22. The number of nitrogens with one attached hydrogen (secondary N) is 1. The third kappa shape index (κ3) is 32.9. The van der Waals surface area contributed by atoms with Crippen LogP contribution in [0.4, 0.5) is 0 Å². The van der Waals surface area contributed by atoms with Gasteiger partial charge in [0.2, 0.25) is 5.91 Å². The van der Waals surface area contributed by atoms with Crippen LogP contribution in [0.1, 0.15) is 194 Å². The van der Waals surface area contributed by atoms with Gasteiger partial charge in [0.25, 0.3) is 0 Å². The topological polar surface area (TPSA) is 92.7 Å². The summed E-state index contributed by atoms with van der Waals surface area (Å²) in [7, 11) is 0. The lowest BCUT2D eigenvalue weighted by atomic mass is 10.0. The van der Waals surface area contributed by atoms with Gasteiger partial charge in [-0.15, -0.1) is 0 Å². The minimum atomic E-state index is -1.01. The second-order valence-electron chi connectivity index (χ2n) is 12.5. The number of esters is 1. The first kappa shape index (κ1) is 41.1. The number of allylic oxidation sites excluding steroid dienone is 1. The summed E-state index contributed by atoms with van der Waals surface area (Å²) in [4.78, 5) is 34.7. The summed E-state index contributed by atoms with van der Waals surface area (Å²) in [5, 5.41) is 11.0. The molecule has 0 saturated carbocycles. The molecule has 0 spiro atoms. The fraction of sp³-hybridized carbons (Fsp3) is 0.865. The average molecular weight is 608 g/mol. The summed E-state index contributed by atoms with van der Waals surface area (Å²) in [6, 6.07) is 0. The van der Waals surface area contributed by atoms with Crippen molar-refractivity contribution in [3.8, 4) is 0 Å². The zero-order valence-electron chi connectivity index (χ0n) is 28.3. The second kappa shape index (κ2) is 33.1. The standard InChI is InChI=1S/C37H69NO5/c1-3-5-7-9-11-13-14-15-16-18-24-28-32-37(42)43-34(29-25-21-17-12-10-8-6-4-2)30-26-22-19-20-23-27-31-35(39)38-33-36(40)41/h25,29,34H,3-24,26-28,30-33H2,1-2H3,(H,38,39)(H,40,41)/b29-25-. The molecule has 0 heterocycles. The third-order valence-electron chi connectivity index (χ3n) is 8.17. The number of carboxylic acid groups (broad SMARTS) is 1. The molecule has 0 aromatic rings. The Morgan fingerprint density at radius 2 is 1.05 bits per heavy atom. The lowest BCUT2D eigenvalue weighted by molar-refractivity contribution is -0.147. The molecule has 6 heteroatoms. The first-order chi connectivity index (χ1) is 21.0. The van der Waals surface area contributed by atoms with Crippen LogP contribution in [0, 0.1) is 0 Å². The van der Waals surface area contributed by atoms with E-state index in [0.29, 0.717) is 12.8 Å². The van der Waals surface area contributed by atoms with E-state index in [1.54, 1.807) is 0 Å². The fourth-order valence-corrected chi connectivity index (χ4v) is 5.42. The molecule has 0 saturated heterocycles. The zero-order chi connectivity index (χ0) is 31.6. The third-order valence-corrected chi connectivity index (χ3v) is 8.17. The van der Waals surface area contributed by atoms with Crippen molar-refractivity contribution in [3.63, 3.8) is 0 Å². The molecule has 0 radical (unpaired) electrons. The number of ether oxygens (including phenoxy) is 1. The SMILES string of the molecule is CCCCCCCC/C=C\C(CCCCCCCCC(=O)NCC(=O)O)OC(=O)CCCCCCCCCCCCCC. The Morgan fingerprint density at radius 3 is 1.56 bits per heavy atom. The van der Waals surface area contributed by atoms with E-state index in [1.807, 2.05) is 0 Å². The van der Waals surface area contributed by atoms with Gasteiger partial charge in [-0.25, -0.2) is 0 Å². The maximum absolute atomic E-state index is 12.6. The summed E-state index contributed by atoms with van der Waals surface area (Å²) >= 11 is 0. The lowest BCUT2D eigenvalue weighted by Crippen LogP contribution is -2.28. The van der Waals surface area contributed by atoms with Gasteiger partial charge in [0.1, 0.15) is 12.6 Å². The van der Waals surface area contributed by atoms with Gasteiger partial charge in [-0.3, -0.25) is 14.4 Å². The molecule has 0 aromatic carbocycles. The van der Waals surface area contributed by atoms with Crippen LogP contribution in [0.5, 0.6) is 0 Å². The van der Waals surface area contributed by atoms with Gasteiger partial charge in [0.05, 0.1) is 0 Å². The van der Waals surface area contributed by atoms with Crippen molar-refractivity contribution in [2.24, 2.45) is 0 Å². The smallest absolute Gasteiger partial charge is 0.322 e. The van der Waals surface area contributed by atoms with Crippen molar-refractivity contribution in [3.05, 3.63) is 12.2 Å². The van der Waals surface area contributed by atoms with Gasteiger partial charge in [-0.2, -0.15) is 0 Å². The Kier molecular flexibility index (Phi) is 31.6. The normalized spacial score (nSPS) is 12.0. The van der Waals surface area contributed by atoms with Crippen LogP contribution in [0.2, 0.25) is 0 Å². The molecule has 6 nitrogen and oxygen atoms in total. The maximum atomic E-state index is 12.6. The van der Waals surface area contributed by atoms with E-state index in [0.717, 1.165) is 64.2 Å².